The summed E-state index contributed by atoms with van der Waals surface area (Å²) in [6.07, 6.45) is 5.19. The average molecular weight is 233 g/mol. The van der Waals surface area contributed by atoms with E-state index in [0.29, 0.717) is 0 Å². The molecule has 0 aromatic heterocycles. The van der Waals surface area contributed by atoms with Crippen molar-refractivity contribution in [3.8, 4) is 5.75 Å². The Kier molecular flexibility index (Phi) is 4.43. The molecule has 2 nitrogen and oxygen atoms in total. The van der Waals surface area contributed by atoms with Crippen LogP contribution < -0.4 is 4.74 Å². The molecule has 1 aromatic carbocycles. The van der Waals surface area contributed by atoms with E-state index in [4.69, 9.17) is 4.74 Å². The zero-order chi connectivity index (χ0) is 12.1. The standard InChI is InChI=1S/C15H23NO/c1-13-7-8-14(12-15(13)17-2)6-5-11-16-9-3-4-10-16/h7-8,12H,3-6,9-11H2,1-2H3. The summed E-state index contributed by atoms with van der Waals surface area (Å²) in [5.41, 5.74) is 2.61. The maximum Gasteiger partial charge on any atom is 0.122 e. The van der Waals surface area contributed by atoms with Gasteiger partial charge >= 0.3 is 0 Å². The van der Waals surface area contributed by atoms with E-state index in [1.54, 1.807) is 7.11 Å². The first kappa shape index (κ1) is 12.4. The van der Waals surface area contributed by atoms with Gasteiger partial charge in [0.15, 0.2) is 0 Å². The number of nitrogens with zero attached hydrogens (tertiary/aromatic N) is 1. The van der Waals surface area contributed by atoms with Gasteiger partial charge in [0.1, 0.15) is 5.75 Å². The van der Waals surface area contributed by atoms with E-state index in [1.807, 2.05) is 0 Å². The molecule has 1 aliphatic heterocycles. The summed E-state index contributed by atoms with van der Waals surface area (Å²) in [5, 5.41) is 0. The molecule has 0 N–H and O–H groups in total. The van der Waals surface area contributed by atoms with Gasteiger partial charge in [-0.25, -0.2) is 0 Å². The van der Waals surface area contributed by atoms with Crippen LogP contribution in [0.4, 0.5) is 0 Å². The molecule has 1 heterocycles. The summed E-state index contributed by atoms with van der Waals surface area (Å²) in [5.74, 6) is 1.02. The summed E-state index contributed by atoms with van der Waals surface area (Å²) in [7, 11) is 1.75. The number of aryl methyl sites for hydroxylation is 2. The van der Waals surface area contributed by atoms with Gasteiger partial charge in [-0.3, -0.25) is 0 Å². The predicted octanol–water partition coefficient (Wildman–Crippen LogP) is 3.03. The third-order valence-electron chi connectivity index (χ3n) is 3.61. The van der Waals surface area contributed by atoms with Gasteiger partial charge in [0.05, 0.1) is 7.11 Å². The Morgan fingerprint density at radius 2 is 2.00 bits per heavy atom. The summed E-state index contributed by atoms with van der Waals surface area (Å²) >= 11 is 0. The molecule has 0 aliphatic carbocycles. The van der Waals surface area contributed by atoms with E-state index in [-0.39, 0.29) is 0 Å². The highest BCUT2D eigenvalue weighted by Crippen LogP contribution is 2.20. The molecule has 0 bridgehead atoms. The number of hydrogen-bond donors (Lipinski definition) is 0. The average Bonchev–Trinajstić information content (AvgIpc) is 2.84. The second-order valence-electron chi connectivity index (χ2n) is 4.96. The molecule has 2 rings (SSSR count). The molecule has 0 spiro atoms. The Bertz CT molecular complexity index is 356. The lowest BCUT2D eigenvalue weighted by atomic mass is 10.1. The van der Waals surface area contributed by atoms with Crippen LogP contribution in [0.5, 0.6) is 5.75 Å². The minimum Gasteiger partial charge on any atom is -0.496 e. The molecule has 0 radical (unpaired) electrons. The number of methoxy groups -OCH3 is 1. The van der Waals surface area contributed by atoms with Gasteiger partial charge in [-0.2, -0.15) is 0 Å². The Morgan fingerprint density at radius 1 is 1.24 bits per heavy atom. The van der Waals surface area contributed by atoms with Crippen LogP contribution in [0.1, 0.15) is 30.4 Å². The zero-order valence-electron chi connectivity index (χ0n) is 11.0. The van der Waals surface area contributed by atoms with Crippen LogP contribution in [0.3, 0.4) is 0 Å². The van der Waals surface area contributed by atoms with E-state index < -0.39 is 0 Å². The highest BCUT2D eigenvalue weighted by atomic mass is 16.5. The molecule has 1 fully saturated rings. The first-order valence-electron chi connectivity index (χ1n) is 6.65. The highest BCUT2D eigenvalue weighted by Gasteiger charge is 2.10. The predicted molar refractivity (Wildman–Crippen MR) is 71.7 cm³/mol. The van der Waals surface area contributed by atoms with Gasteiger partial charge in [-0.05, 0) is 69.4 Å². The zero-order valence-corrected chi connectivity index (χ0v) is 11.0. The number of hydrogen-bond acceptors (Lipinski definition) is 2. The molecular formula is C15H23NO. The molecule has 0 unspecified atom stereocenters. The molecule has 1 aromatic rings. The third-order valence-corrected chi connectivity index (χ3v) is 3.61. The second-order valence-corrected chi connectivity index (χ2v) is 4.96. The van der Waals surface area contributed by atoms with Crippen LogP contribution in [0, 0.1) is 6.92 Å². The minimum atomic E-state index is 1.02. The lowest BCUT2D eigenvalue weighted by Crippen LogP contribution is -2.20. The highest BCUT2D eigenvalue weighted by molar-refractivity contribution is 5.36. The van der Waals surface area contributed by atoms with Crippen molar-refractivity contribution in [3.63, 3.8) is 0 Å². The Balaban J connectivity index is 1.81. The van der Waals surface area contributed by atoms with Gasteiger partial charge < -0.3 is 9.64 Å². The summed E-state index contributed by atoms with van der Waals surface area (Å²) < 4.78 is 5.35. The second kappa shape index (κ2) is 6.06. The van der Waals surface area contributed by atoms with Crippen molar-refractivity contribution in [2.75, 3.05) is 26.7 Å². The van der Waals surface area contributed by atoms with Gasteiger partial charge in [-0.1, -0.05) is 12.1 Å². The maximum absolute atomic E-state index is 5.35. The molecule has 17 heavy (non-hydrogen) atoms. The van der Waals surface area contributed by atoms with Gasteiger partial charge in [-0.15, -0.1) is 0 Å². The van der Waals surface area contributed by atoms with Crippen LogP contribution in [-0.4, -0.2) is 31.6 Å². The fourth-order valence-electron chi connectivity index (χ4n) is 2.53. The fourth-order valence-corrected chi connectivity index (χ4v) is 2.53. The smallest absolute Gasteiger partial charge is 0.122 e. The topological polar surface area (TPSA) is 12.5 Å². The summed E-state index contributed by atoms with van der Waals surface area (Å²) in [6, 6.07) is 6.56. The van der Waals surface area contributed by atoms with Crippen molar-refractivity contribution in [1.82, 2.24) is 4.90 Å². The monoisotopic (exact) mass is 233 g/mol. The normalized spacial score (nSPS) is 16.4. The van der Waals surface area contributed by atoms with Crippen LogP contribution in [-0.2, 0) is 6.42 Å². The maximum atomic E-state index is 5.35. The molecule has 94 valence electrons. The first-order valence-corrected chi connectivity index (χ1v) is 6.65. The SMILES string of the molecule is COc1cc(CCCN2CCCC2)ccc1C. The van der Waals surface area contributed by atoms with E-state index in [1.165, 1.54) is 50.0 Å². The van der Waals surface area contributed by atoms with Crippen LogP contribution in [0.2, 0.25) is 0 Å². The van der Waals surface area contributed by atoms with Crippen molar-refractivity contribution in [2.24, 2.45) is 0 Å². The number of rotatable bonds is 5. The van der Waals surface area contributed by atoms with E-state index in [2.05, 4.69) is 30.0 Å². The van der Waals surface area contributed by atoms with Crippen molar-refractivity contribution >= 4 is 0 Å². The first-order chi connectivity index (χ1) is 8.29. The minimum absolute atomic E-state index is 1.02. The Morgan fingerprint density at radius 3 is 2.71 bits per heavy atom. The summed E-state index contributed by atoms with van der Waals surface area (Å²) in [4.78, 5) is 2.57. The van der Waals surface area contributed by atoms with Crippen molar-refractivity contribution in [3.05, 3.63) is 29.3 Å². The Hall–Kier alpha value is -1.02. The lowest BCUT2D eigenvalue weighted by Gasteiger charge is -2.14. The quantitative estimate of drug-likeness (QED) is 0.775. The van der Waals surface area contributed by atoms with Crippen molar-refractivity contribution < 1.29 is 4.74 Å². The molecule has 2 heteroatoms. The van der Waals surface area contributed by atoms with Crippen molar-refractivity contribution in [1.29, 1.82) is 0 Å². The molecule has 1 aliphatic rings. The number of ether oxygens (including phenoxy) is 1. The summed E-state index contributed by atoms with van der Waals surface area (Å²) in [6.45, 7) is 5.94. The van der Waals surface area contributed by atoms with Crippen molar-refractivity contribution in [2.45, 2.75) is 32.6 Å². The van der Waals surface area contributed by atoms with Crippen LogP contribution >= 0.6 is 0 Å². The van der Waals surface area contributed by atoms with Gasteiger partial charge in [0, 0.05) is 0 Å². The lowest BCUT2D eigenvalue weighted by molar-refractivity contribution is 0.334. The van der Waals surface area contributed by atoms with E-state index >= 15 is 0 Å². The fraction of sp³-hybridized carbons (Fsp3) is 0.600. The number of benzene rings is 1. The third kappa shape index (κ3) is 3.47. The molecule has 0 atom stereocenters. The molecular weight excluding hydrogens is 210 g/mol. The van der Waals surface area contributed by atoms with Crippen LogP contribution in [0.25, 0.3) is 0 Å². The molecule has 0 amide bonds. The van der Waals surface area contributed by atoms with Gasteiger partial charge in [0.2, 0.25) is 0 Å². The van der Waals surface area contributed by atoms with Gasteiger partial charge in [0.25, 0.3) is 0 Å². The van der Waals surface area contributed by atoms with Crippen LogP contribution in [0.15, 0.2) is 18.2 Å². The molecule has 0 saturated carbocycles. The van der Waals surface area contributed by atoms with E-state index in [9.17, 15) is 0 Å². The largest absolute Gasteiger partial charge is 0.496 e. The number of likely N-dealkylation sites (tertiary alicyclic amines) is 1. The molecule has 1 saturated heterocycles. The van der Waals surface area contributed by atoms with E-state index in [0.717, 1.165) is 12.2 Å². The Labute approximate surface area is 105 Å².